The molecule has 5 nitrogen and oxygen atoms in total. The van der Waals surface area contributed by atoms with Gasteiger partial charge in [-0.2, -0.15) is 0 Å². The number of ether oxygens (including phenoxy) is 3. The topological polar surface area (TPSA) is 65.0 Å². The van der Waals surface area contributed by atoms with E-state index in [-0.39, 0.29) is 11.8 Å². The summed E-state index contributed by atoms with van der Waals surface area (Å²) in [7, 11) is 3.26. The lowest BCUT2D eigenvalue weighted by Gasteiger charge is -2.29. The van der Waals surface area contributed by atoms with E-state index in [1.54, 1.807) is 14.2 Å². The smallest absolute Gasteiger partial charge is 0.306 e. The molecule has 0 heterocycles. The second kappa shape index (κ2) is 11.3. The van der Waals surface area contributed by atoms with E-state index in [2.05, 4.69) is 37.3 Å². The molecule has 0 saturated heterocycles. The van der Waals surface area contributed by atoms with Crippen molar-refractivity contribution in [1.29, 1.82) is 0 Å². The lowest BCUT2D eigenvalue weighted by Crippen LogP contribution is -2.28. The highest BCUT2D eigenvalue weighted by Crippen LogP contribution is 2.40. The van der Waals surface area contributed by atoms with Crippen LogP contribution in [-0.2, 0) is 17.8 Å². The third kappa shape index (κ3) is 5.61. The Bertz CT molecular complexity index is 1130. The quantitative estimate of drug-likeness (QED) is 0.374. The molecule has 1 fully saturated rings. The van der Waals surface area contributed by atoms with Gasteiger partial charge in [0.15, 0.2) is 0 Å². The van der Waals surface area contributed by atoms with Gasteiger partial charge in [-0.25, -0.2) is 0 Å². The number of benzene rings is 3. The SMILES string of the molecule is COc1cc(OCc2cccc(-c3ccccc3)c2C)cc(OC)c1CC1CCCC[C@H]1C(=O)O. The minimum atomic E-state index is -0.708. The molecule has 1 unspecified atom stereocenters. The molecule has 1 aliphatic rings. The molecule has 0 aliphatic heterocycles. The maximum Gasteiger partial charge on any atom is 0.306 e. The van der Waals surface area contributed by atoms with Crippen molar-refractivity contribution in [3.05, 3.63) is 77.4 Å². The van der Waals surface area contributed by atoms with Crippen LogP contribution in [-0.4, -0.2) is 25.3 Å². The summed E-state index contributed by atoms with van der Waals surface area (Å²) in [6, 6.07) is 20.4. The van der Waals surface area contributed by atoms with Crippen molar-refractivity contribution in [2.24, 2.45) is 11.8 Å². The van der Waals surface area contributed by atoms with Gasteiger partial charge in [-0.15, -0.1) is 0 Å². The maximum atomic E-state index is 11.8. The van der Waals surface area contributed by atoms with E-state index in [1.807, 2.05) is 30.3 Å². The Kier molecular flexibility index (Phi) is 7.96. The van der Waals surface area contributed by atoms with E-state index in [1.165, 1.54) is 16.7 Å². The van der Waals surface area contributed by atoms with Crippen LogP contribution < -0.4 is 14.2 Å². The highest BCUT2D eigenvalue weighted by Gasteiger charge is 2.32. The Balaban J connectivity index is 1.55. The molecule has 4 rings (SSSR count). The average molecular weight is 475 g/mol. The summed E-state index contributed by atoms with van der Waals surface area (Å²) in [4.78, 5) is 11.8. The number of hydrogen-bond acceptors (Lipinski definition) is 4. The van der Waals surface area contributed by atoms with Gasteiger partial charge in [-0.1, -0.05) is 61.4 Å². The fourth-order valence-electron chi connectivity index (χ4n) is 5.22. The van der Waals surface area contributed by atoms with Crippen LogP contribution in [0.4, 0.5) is 0 Å². The fraction of sp³-hybridized carbons (Fsp3) is 0.367. The van der Waals surface area contributed by atoms with Gasteiger partial charge in [0, 0.05) is 17.7 Å². The molecule has 5 heteroatoms. The first kappa shape index (κ1) is 24.6. The van der Waals surface area contributed by atoms with Crippen molar-refractivity contribution in [2.45, 2.75) is 45.6 Å². The van der Waals surface area contributed by atoms with Gasteiger partial charge in [0.1, 0.15) is 23.9 Å². The summed E-state index contributed by atoms with van der Waals surface area (Å²) in [6.07, 6.45) is 4.27. The third-order valence-electron chi connectivity index (χ3n) is 7.20. The van der Waals surface area contributed by atoms with Crippen LogP contribution in [0.5, 0.6) is 17.2 Å². The van der Waals surface area contributed by atoms with Crippen LogP contribution in [0.25, 0.3) is 11.1 Å². The zero-order chi connectivity index (χ0) is 24.8. The Hall–Kier alpha value is -3.47. The van der Waals surface area contributed by atoms with Gasteiger partial charge in [-0.05, 0) is 54.4 Å². The van der Waals surface area contributed by atoms with Crippen molar-refractivity contribution in [3.63, 3.8) is 0 Å². The first-order chi connectivity index (χ1) is 17.0. The van der Waals surface area contributed by atoms with Gasteiger partial charge < -0.3 is 19.3 Å². The molecular weight excluding hydrogens is 440 g/mol. The van der Waals surface area contributed by atoms with Crippen molar-refractivity contribution in [2.75, 3.05) is 14.2 Å². The first-order valence-corrected chi connectivity index (χ1v) is 12.3. The van der Waals surface area contributed by atoms with Crippen molar-refractivity contribution in [3.8, 4) is 28.4 Å². The van der Waals surface area contributed by atoms with Crippen molar-refractivity contribution >= 4 is 5.97 Å². The summed E-state index contributed by atoms with van der Waals surface area (Å²) < 4.78 is 17.6. The average Bonchev–Trinajstić information content (AvgIpc) is 2.89. The highest BCUT2D eigenvalue weighted by molar-refractivity contribution is 5.70. The number of carboxylic acids is 1. The molecule has 35 heavy (non-hydrogen) atoms. The molecule has 0 spiro atoms. The molecular formula is C30H34O5. The molecule has 0 aromatic heterocycles. The second-order valence-electron chi connectivity index (χ2n) is 9.24. The normalized spacial score (nSPS) is 17.6. The summed E-state index contributed by atoms with van der Waals surface area (Å²) in [5, 5.41) is 9.69. The lowest BCUT2D eigenvalue weighted by atomic mass is 9.76. The molecule has 1 saturated carbocycles. The maximum absolute atomic E-state index is 11.8. The number of rotatable bonds is 9. The van der Waals surface area contributed by atoms with E-state index in [9.17, 15) is 9.90 Å². The van der Waals surface area contributed by atoms with Crippen LogP contribution in [0.3, 0.4) is 0 Å². The van der Waals surface area contributed by atoms with E-state index in [0.717, 1.165) is 36.8 Å². The van der Waals surface area contributed by atoms with Crippen molar-refractivity contribution in [1.82, 2.24) is 0 Å². The summed E-state index contributed by atoms with van der Waals surface area (Å²) in [5.41, 5.74) is 5.58. The van der Waals surface area contributed by atoms with Gasteiger partial charge in [0.25, 0.3) is 0 Å². The molecule has 1 aliphatic carbocycles. The Morgan fingerprint density at radius 1 is 0.943 bits per heavy atom. The van der Waals surface area contributed by atoms with Crippen LogP contribution in [0.2, 0.25) is 0 Å². The van der Waals surface area contributed by atoms with E-state index in [4.69, 9.17) is 14.2 Å². The molecule has 3 aromatic carbocycles. The van der Waals surface area contributed by atoms with Gasteiger partial charge in [0.2, 0.25) is 0 Å². The van der Waals surface area contributed by atoms with Crippen LogP contribution in [0.15, 0.2) is 60.7 Å². The van der Waals surface area contributed by atoms with Crippen molar-refractivity contribution < 1.29 is 24.1 Å². The second-order valence-corrected chi connectivity index (χ2v) is 9.24. The number of hydrogen-bond donors (Lipinski definition) is 1. The first-order valence-electron chi connectivity index (χ1n) is 12.3. The van der Waals surface area contributed by atoms with Crippen LogP contribution in [0, 0.1) is 18.8 Å². The third-order valence-corrected chi connectivity index (χ3v) is 7.20. The Morgan fingerprint density at radius 3 is 2.29 bits per heavy atom. The minimum absolute atomic E-state index is 0.0687. The Labute approximate surface area is 207 Å². The van der Waals surface area contributed by atoms with E-state index >= 15 is 0 Å². The van der Waals surface area contributed by atoms with Crippen LogP contribution >= 0.6 is 0 Å². The summed E-state index contributed by atoms with van der Waals surface area (Å²) >= 11 is 0. The number of carboxylic acid groups (broad SMARTS) is 1. The van der Waals surface area contributed by atoms with Crippen LogP contribution in [0.1, 0.15) is 42.4 Å². The number of aliphatic carboxylic acids is 1. The molecule has 0 bridgehead atoms. The van der Waals surface area contributed by atoms with Gasteiger partial charge in [-0.3, -0.25) is 4.79 Å². The molecule has 0 radical (unpaired) electrons. The molecule has 184 valence electrons. The van der Waals surface area contributed by atoms with Gasteiger partial charge >= 0.3 is 5.97 Å². The standard InChI is InChI=1S/C30H34O5/c1-20-23(13-9-15-25(20)21-10-5-4-6-11-21)19-35-24-17-28(33-2)27(29(18-24)34-3)16-22-12-7-8-14-26(22)30(31)32/h4-6,9-11,13,15,17-18,22,26H,7-8,12,14,16,19H2,1-3H3,(H,31,32)/t22?,26-/m1/s1. The zero-order valence-electron chi connectivity index (χ0n) is 20.8. The summed E-state index contributed by atoms with van der Waals surface area (Å²) in [5.74, 6) is 1.03. The molecule has 3 aromatic rings. The predicted molar refractivity (Wildman–Crippen MR) is 137 cm³/mol. The molecule has 2 atom stereocenters. The van der Waals surface area contributed by atoms with E-state index < -0.39 is 5.97 Å². The highest BCUT2D eigenvalue weighted by atomic mass is 16.5. The zero-order valence-corrected chi connectivity index (χ0v) is 20.8. The molecule has 0 amide bonds. The lowest BCUT2D eigenvalue weighted by molar-refractivity contribution is -0.144. The monoisotopic (exact) mass is 474 g/mol. The largest absolute Gasteiger partial charge is 0.496 e. The predicted octanol–water partition coefficient (Wildman–Crippen LogP) is 6.69. The fourth-order valence-corrected chi connectivity index (χ4v) is 5.22. The minimum Gasteiger partial charge on any atom is -0.496 e. The molecule has 1 N–H and O–H groups in total. The summed E-state index contributed by atoms with van der Waals surface area (Å²) in [6.45, 7) is 2.54. The number of methoxy groups -OCH3 is 2. The van der Waals surface area contributed by atoms with E-state index in [0.29, 0.717) is 30.3 Å². The number of carbonyl (C=O) groups is 1. The Morgan fingerprint density at radius 2 is 1.63 bits per heavy atom. The van der Waals surface area contributed by atoms with Gasteiger partial charge in [0.05, 0.1) is 20.1 Å².